The highest BCUT2D eigenvalue weighted by Crippen LogP contribution is 2.18. The molecule has 0 atom stereocenters. The zero-order chi connectivity index (χ0) is 19.9. The zero-order valence-corrected chi connectivity index (χ0v) is 16.3. The first kappa shape index (κ1) is 19.9. The summed E-state index contributed by atoms with van der Waals surface area (Å²) in [5, 5.41) is 6.82. The Labute approximate surface area is 168 Å². The normalized spacial score (nSPS) is 10.7. The van der Waals surface area contributed by atoms with E-state index in [1.165, 1.54) is 12.4 Å². The van der Waals surface area contributed by atoms with Gasteiger partial charge in [-0.3, -0.25) is 10.1 Å². The Balaban J connectivity index is 1.41. The molecule has 0 aliphatic carbocycles. The highest BCUT2D eigenvalue weighted by molar-refractivity contribution is 9.10. The summed E-state index contributed by atoms with van der Waals surface area (Å²) in [5.74, 6) is -1.55. The quantitative estimate of drug-likeness (QED) is 0.523. The van der Waals surface area contributed by atoms with Crippen LogP contribution in [0.2, 0.25) is 0 Å². The molecule has 0 aliphatic heterocycles. The molecule has 1 amide bonds. The van der Waals surface area contributed by atoms with E-state index in [9.17, 15) is 13.6 Å². The van der Waals surface area contributed by atoms with E-state index in [-0.39, 0.29) is 30.6 Å². The molecule has 0 saturated heterocycles. The molecule has 2 aromatic carbocycles. The highest BCUT2D eigenvalue weighted by Gasteiger charge is 2.08. The fourth-order valence-corrected chi connectivity index (χ4v) is 2.66. The van der Waals surface area contributed by atoms with Gasteiger partial charge < -0.3 is 4.74 Å². The number of hydrogen-bond acceptors (Lipinski definition) is 4. The van der Waals surface area contributed by atoms with Gasteiger partial charge in [0.1, 0.15) is 12.1 Å². The van der Waals surface area contributed by atoms with Crippen molar-refractivity contribution < 1.29 is 18.3 Å². The minimum atomic E-state index is -0.773. The maximum absolute atomic E-state index is 13.4. The van der Waals surface area contributed by atoms with Crippen LogP contribution < -0.4 is 10.1 Å². The van der Waals surface area contributed by atoms with Crippen LogP contribution in [0.5, 0.6) is 5.75 Å². The van der Waals surface area contributed by atoms with Crippen molar-refractivity contribution in [2.75, 3.05) is 11.9 Å². The van der Waals surface area contributed by atoms with Gasteiger partial charge in [-0.1, -0.05) is 28.1 Å². The van der Waals surface area contributed by atoms with Crippen LogP contribution in [-0.2, 0) is 11.3 Å². The molecule has 9 heteroatoms. The number of hydrogen-bond donors (Lipinski definition) is 1. The molecule has 1 heterocycles. The molecule has 1 N–H and O–H groups in total. The van der Waals surface area contributed by atoms with Crippen LogP contribution in [-0.4, -0.2) is 27.3 Å². The number of carbonyl (C=O) groups excluding carboxylic acids is 1. The lowest BCUT2D eigenvalue weighted by Crippen LogP contribution is -2.14. The second kappa shape index (κ2) is 9.41. The van der Waals surface area contributed by atoms with Gasteiger partial charge in [0.15, 0.2) is 11.6 Å². The van der Waals surface area contributed by atoms with Crippen molar-refractivity contribution in [3.8, 4) is 5.75 Å². The number of halogens is 3. The van der Waals surface area contributed by atoms with Gasteiger partial charge >= 0.3 is 0 Å². The van der Waals surface area contributed by atoms with E-state index in [0.717, 1.165) is 22.2 Å². The van der Waals surface area contributed by atoms with E-state index < -0.39 is 11.6 Å². The number of benzene rings is 2. The van der Waals surface area contributed by atoms with Crippen LogP contribution in [0.3, 0.4) is 0 Å². The molecule has 0 unspecified atom stereocenters. The maximum atomic E-state index is 13.4. The molecule has 3 aromatic rings. The van der Waals surface area contributed by atoms with Crippen LogP contribution in [0.4, 0.5) is 14.7 Å². The number of nitrogens with one attached hydrogen (secondary N) is 1. The van der Waals surface area contributed by atoms with Crippen molar-refractivity contribution >= 4 is 27.8 Å². The average molecular weight is 451 g/mol. The number of ether oxygens (including phenoxy) is 1. The van der Waals surface area contributed by atoms with Gasteiger partial charge in [-0.15, -0.1) is 5.10 Å². The van der Waals surface area contributed by atoms with Gasteiger partial charge in [-0.05, 0) is 36.2 Å². The van der Waals surface area contributed by atoms with Gasteiger partial charge in [-0.2, -0.15) is 0 Å². The minimum Gasteiger partial charge on any atom is -0.491 e. The van der Waals surface area contributed by atoms with Gasteiger partial charge in [-0.25, -0.2) is 18.4 Å². The number of aromatic nitrogens is 3. The molecule has 0 fully saturated rings. The fourth-order valence-electron chi connectivity index (χ4n) is 2.40. The monoisotopic (exact) mass is 450 g/mol. The Bertz CT molecular complexity index is 947. The first-order chi connectivity index (χ1) is 13.5. The molecule has 1 aromatic heterocycles. The summed E-state index contributed by atoms with van der Waals surface area (Å²) in [7, 11) is 0. The lowest BCUT2D eigenvalue weighted by atomic mass is 10.2. The maximum Gasteiger partial charge on any atom is 0.248 e. The van der Waals surface area contributed by atoms with E-state index in [1.54, 1.807) is 4.68 Å². The Morgan fingerprint density at radius 1 is 1.18 bits per heavy atom. The Morgan fingerprint density at radius 3 is 2.71 bits per heavy atom. The van der Waals surface area contributed by atoms with Crippen molar-refractivity contribution in [2.45, 2.75) is 19.4 Å². The Kier molecular flexibility index (Phi) is 6.70. The topological polar surface area (TPSA) is 69.0 Å². The van der Waals surface area contributed by atoms with Crippen LogP contribution in [0.1, 0.15) is 18.4 Å². The molecule has 146 valence electrons. The molecule has 6 nitrogen and oxygen atoms in total. The number of carbonyl (C=O) groups is 1. The van der Waals surface area contributed by atoms with Crippen molar-refractivity contribution in [1.29, 1.82) is 0 Å². The molecule has 0 spiro atoms. The van der Waals surface area contributed by atoms with Crippen molar-refractivity contribution in [3.05, 3.63) is 70.5 Å². The standard InChI is InChI=1S/C19H17BrF2N4O2/c20-14-5-3-13(4-6-14)11-26-12-23-19(25-26)24-18(27)2-1-9-28-17-8-7-15(21)10-16(17)22/h3-8,10,12H,1-2,9,11H2,(H,24,25,27). The van der Waals surface area contributed by atoms with Crippen molar-refractivity contribution in [3.63, 3.8) is 0 Å². The van der Waals surface area contributed by atoms with Crippen molar-refractivity contribution in [1.82, 2.24) is 14.8 Å². The third kappa shape index (κ3) is 5.85. The van der Waals surface area contributed by atoms with Crippen LogP contribution >= 0.6 is 15.9 Å². The number of amides is 1. The molecule has 28 heavy (non-hydrogen) atoms. The van der Waals surface area contributed by atoms with E-state index in [4.69, 9.17) is 4.74 Å². The SMILES string of the molecule is O=C(CCCOc1ccc(F)cc1F)Nc1ncn(Cc2ccc(Br)cc2)n1. The first-order valence-corrected chi connectivity index (χ1v) is 9.30. The van der Waals surface area contributed by atoms with Crippen LogP contribution in [0.25, 0.3) is 0 Å². The fraction of sp³-hybridized carbons (Fsp3) is 0.211. The van der Waals surface area contributed by atoms with E-state index in [2.05, 4.69) is 31.3 Å². The molecular formula is C19H17BrF2N4O2. The zero-order valence-electron chi connectivity index (χ0n) is 14.7. The average Bonchev–Trinajstić information content (AvgIpc) is 3.09. The summed E-state index contributed by atoms with van der Waals surface area (Å²) in [5.41, 5.74) is 1.05. The lowest BCUT2D eigenvalue weighted by molar-refractivity contribution is -0.116. The number of nitrogens with zero attached hydrogens (tertiary/aromatic N) is 3. The Hall–Kier alpha value is -2.81. The summed E-state index contributed by atoms with van der Waals surface area (Å²) >= 11 is 3.38. The first-order valence-electron chi connectivity index (χ1n) is 8.51. The smallest absolute Gasteiger partial charge is 0.248 e. The third-order valence-corrected chi connectivity index (χ3v) is 4.27. The minimum absolute atomic E-state index is 0.0461. The molecule has 0 bridgehead atoms. The second-order valence-electron chi connectivity index (χ2n) is 5.97. The van der Waals surface area contributed by atoms with Crippen LogP contribution in [0, 0.1) is 11.6 Å². The molecule has 0 radical (unpaired) electrons. The Morgan fingerprint density at radius 2 is 1.96 bits per heavy atom. The number of rotatable bonds is 8. The third-order valence-electron chi connectivity index (χ3n) is 3.75. The lowest BCUT2D eigenvalue weighted by Gasteiger charge is -2.07. The molecule has 0 aliphatic rings. The van der Waals surface area contributed by atoms with Gasteiger partial charge in [0.2, 0.25) is 11.9 Å². The summed E-state index contributed by atoms with van der Waals surface area (Å²) in [6, 6.07) is 10.9. The largest absolute Gasteiger partial charge is 0.491 e. The summed E-state index contributed by atoms with van der Waals surface area (Å²) < 4.78 is 34.1. The van der Waals surface area contributed by atoms with Gasteiger partial charge in [0, 0.05) is 17.0 Å². The molecule has 0 saturated carbocycles. The highest BCUT2D eigenvalue weighted by atomic mass is 79.9. The summed E-state index contributed by atoms with van der Waals surface area (Å²) in [4.78, 5) is 16.0. The van der Waals surface area contributed by atoms with Gasteiger partial charge in [0.05, 0.1) is 13.2 Å². The predicted molar refractivity (Wildman–Crippen MR) is 103 cm³/mol. The predicted octanol–water partition coefficient (Wildman–Crippen LogP) is 4.16. The van der Waals surface area contributed by atoms with E-state index in [0.29, 0.717) is 13.0 Å². The summed E-state index contributed by atoms with van der Waals surface area (Å²) in [6.07, 6.45) is 2.06. The van der Waals surface area contributed by atoms with E-state index >= 15 is 0 Å². The van der Waals surface area contributed by atoms with Crippen molar-refractivity contribution in [2.24, 2.45) is 0 Å². The van der Waals surface area contributed by atoms with Gasteiger partial charge in [0.25, 0.3) is 0 Å². The summed E-state index contributed by atoms with van der Waals surface area (Å²) in [6.45, 7) is 0.661. The number of anilines is 1. The van der Waals surface area contributed by atoms with Crippen LogP contribution in [0.15, 0.2) is 53.3 Å². The molecule has 3 rings (SSSR count). The van der Waals surface area contributed by atoms with E-state index in [1.807, 2.05) is 24.3 Å². The second-order valence-corrected chi connectivity index (χ2v) is 6.88. The molecular weight excluding hydrogens is 434 g/mol.